The lowest BCUT2D eigenvalue weighted by Gasteiger charge is -2.14. The van der Waals surface area contributed by atoms with Gasteiger partial charge in [-0.2, -0.15) is 0 Å². The number of nitrogens with one attached hydrogen (secondary N) is 2. The maximum absolute atomic E-state index is 11.8. The maximum atomic E-state index is 11.8. The first-order valence-corrected chi connectivity index (χ1v) is 7.50. The van der Waals surface area contributed by atoms with Crippen molar-refractivity contribution >= 4 is 15.7 Å². The summed E-state index contributed by atoms with van der Waals surface area (Å²) in [5.41, 5.74) is 6.37. The van der Waals surface area contributed by atoms with Crippen LogP contribution in [0.3, 0.4) is 0 Å². The molecule has 0 heterocycles. The molecule has 19 heavy (non-hydrogen) atoms. The van der Waals surface area contributed by atoms with Crippen LogP contribution in [0.2, 0.25) is 0 Å². The molecule has 0 fully saturated rings. The van der Waals surface area contributed by atoms with Crippen LogP contribution >= 0.6 is 0 Å². The van der Waals surface area contributed by atoms with E-state index in [0.29, 0.717) is 25.3 Å². The fraction of sp³-hybridized carbons (Fsp3) is 0.500. The Bertz CT molecular complexity index is 491. The lowest BCUT2D eigenvalue weighted by molar-refractivity contribution is 0.178. The molecule has 0 aliphatic heterocycles. The molecule has 0 radical (unpaired) electrons. The van der Waals surface area contributed by atoms with Crippen molar-refractivity contribution in [1.29, 1.82) is 0 Å². The standard InChI is InChI=1S/C12H21N3O3S/c1-14-19(16,17)12-6-4-3-5-11(12)15-8-7-10(13)9-18-2/h3-6,10,14-15H,7-9,13H2,1-2H3. The summed E-state index contributed by atoms with van der Waals surface area (Å²) in [7, 11) is -0.469. The molecule has 0 aliphatic rings. The summed E-state index contributed by atoms with van der Waals surface area (Å²) in [5.74, 6) is 0. The highest BCUT2D eigenvalue weighted by atomic mass is 32.2. The van der Waals surface area contributed by atoms with Gasteiger partial charge in [-0.05, 0) is 25.6 Å². The largest absolute Gasteiger partial charge is 0.384 e. The van der Waals surface area contributed by atoms with Gasteiger partial charge < -0.3 is 15.8 Å². The minimum absolute atomic E-state index is 0.0643. The molecule has 0 amide bonds. The molecule has 0 aromatic heterocycles. The Morgan fingerprint density at radius 3 is 2.68 bits per heavy atom. The summed E-state index contributed by atoms with van der Waals surface area (Å²) >= 11 is 0. The minimum atomic E-state index is -3.46. The molecule has 0 saturated carbocycles. The molecule has 1 rings (SSSR count). The van der Waals surface area contributed by atoms with E-state index in [-0.39, 0.29) is 10.9 Å². The Kier molecular flexibility index (Phi) is 6.23. The van der Waals surface area contributed by atoms with Gasteiger partial charge in [-0.25, -0.2) is 13.1 Å². The highest BCUT2D eigenvalue weighted by Gasteiger charge is 2.15. The molecule has 0 bridgehead atoms. The van der Waals surface area contributed by atoms with Gasteiger partial charge in [0.05, 0.1) is 12.3 Å². The molecule has 7 heteroatoms. The third-order valence-electron chi connectivity index (χ3n) is 2.66. The molecular weight excluding hydrogens is 266 g/mol. The first-order valence-electron chi connectivity index (χ1n) is 6.02. The molecule has 1 atom stereocenters. The molecule has 0 spiro atoms. The van der Waals surface area contributed by atoms with E-state index in [1.807, 2.05) is 0 Å². The van der Waals surface area contributed by atoms with E-state index in [1.54, 1.807) is 31.4 Å². The van der Waals surface area contributed by atoms with Crippen LogP contribution in [-0.2, 0) is 14.8 Å². The molecule has 108 valence electrons. The molecule has 1 aromatic rings. The van der Waals surface area contributed by atoms with Crippen LogP contribution in [0.5, 0.6) is 0 Å². The summed E-state index contributed by atoms with van der Waals surface area (Å²) < 4.78 is 30.9. The normalized spacial score (nSPS) is 13.2. The Morgan fingerprint density at radius 2 is 2.05 bits per heavy atom. The van der Waals surface area contributed by atoms with E-state index >= 15 is 0 Å². The lowest BCUT2D eigenvalue weighted by atomic mass is 10.2. The van der Waals surface area contributed by atoms with E-state index in [4.69, 9.17) is 10.5 Å². The average Bonchev–Trinajstić information content (AvgIpc) is 2.39. The van der Waals surface area contributed by atoms with E-state index in [0.717, 1.165) is 0 Å². The van der Waals surface area contributed by atoms with Crippen molar-refractivity contribution in [1.82, 2.24) is 4.72 Å². The van der Waals surface area contributed by atoms with Gasteiger partial charge in [0, 0.05) is 19.7 Å². The molecule has 0 aliphatic carbocycles. The van der Waals surface area contributed by atoms with Gasteiger partial charge in [-0.3, -0.25) is 0 Å². The Balaban J connectivity index is 2.69. The van der Waals surface area contributed by atoms with E-state index in [2.05, 4.69) is 10.0 Å². The fourth-order valence-corrected chi connectivity index (χ4v) is 2.55. The number of hydrogen-bond donors (Lipinski definition) is 3. The number of ether oxygens (including phenoxy) is 1. The predicted molar refractivity (Wildman–Crippen MR) is 75.6 cm³/mol. The number of rotatable bonds is 8. The Morgan fingerprint density at radius 1 is 1.37 bits per heavy atom. The van der Waals surface area contributed by atoms with Crippen LogP contribution in [0, 0.1) is 0 Å². The SMILES string of the molecule is CNS(=O)(=O)c1ccccc1NCCC(N)COC. The number of benzene rings is 1. The number of methoxy groups -OCH3 is 1. The number of anilines is 1. The smallest absolute Gasteiger partial charge is 0.242 e. The van der Waals surface area contributed by atoms with Crippen molar-refractivity contribution in [2.75, 3.05) is 32.6 Å². The van der Waals surface area contributed by atoms with Crippen molar-refractivity contribution < 1.29 is 13.2 Å². The monoisotopic (exact) mass is 287 g/mol. The van der Waals surface area contributed by atoms with Gasteiger partial charge in [0.25, 0.3) is 0 Å². The Labute approximate surface area is 114 Å². The molecule has 0 saturated heterocycles. The van der Waals surface area contributed by atoms with Crippen molar-refractivity contribution in [3.63, 3.8) is 0 Å². The molecule has 6 nitrogen and oxygen atoms in total. The van der Waals surface area contributed by atoms with E-state index in [1.165, 1.54) is 7.05 Å². The predicted octanol–water partition coefficient (Wildman–Crippen LogP) is 0.370. The van der Waals surface area contributed by atoms with Gasteiger partial charge >= 0.3 is 0 Å². The van der Waals surface area contributed by atoms with Crippen molar-refractivity contribution in [3.05, 3.63) is 24.3 Å². The molecular formula is C12H21N3O3S. The summed E-state index contributed by atoms with van der Waals surface area (Å²) in [6, 6.07) is 6.69. The first kappa shape index (κ1) is 15.9. The topological polar surface area (TPSA) is 93.5 Å². The summed E-state index contributed by atoms with van der Waals surface area (Å²) in [6.07, 6.45) is 0.696. The van der Waals surface area contributed by atoms with Crippen LogP contribution in [-0.4, -0.2) is 41.8 Å². The van der Waals surface area contributed by atoms with E-state index < -0.39 is 10.0 Å². The molecule has 1 aromatic carbocycles. The van der Waals surface area contributed by atoms with Gasteiger partial charge in [0.15, 0.2) is 0 Å². The van der Waals surface area contributed by atoms with E-state index in [9.17, 15) is 8.42 Å². The zero-order valence-electron chi connectivity index (χ0n) is 11.2. The third kappa shape index (κ3) is 4.79. The van der Waals surface area contributed by atoms with Gasteiger partial charge in [-0.1, -0.05) is 12.1 Å². The molecule has 1 unspecified atom stereocenters. The zero-order chi connectivity index (χ0) is 14.3. The van der Waals surface area contributed by atoms with Crippen LogP contribution in [0.4, 0.5) is 5.69 Å². The highest BCUT2D eigenvalue weighted by molar-refractivity contribution is 7.89. The average molecular weight is 287 g/mol. The summed E-state index contributed by atoms with van der Waals surface area (Å²) in [5, 5.41) is 3.09. The third-order valence-corrected chi connectivity index (χ3v) is 4.13. The first-order chi connectivity index (χ1) is 9.01. The van der Waals surface area contributed by atoms with Gasteiger partial charge in [-0.15, -0.1) is 0 Å². The second-order valence-corrected chi connectivity index (χ2v) is 5.99. The second kappa shape index (κ2) is 7.44. The zero-order valence-corrected chi connectivity index (χ0v) is 12.0. The van der Waals surface area contributed by atoms with Crippen molar-refractivity contribution in [2.45, 2.75) is 17.4 Å². The highest BCUT2D eigenvalue weighted by Crippen LogP contribution is 2.20. The maximum Gasteiger partial charge on any atom is 0.242 e. The van der Waals surface area contributed by atoms with Crippen LogP contribution < -0.4 is 15.8 Å². The number of nitrogens with two attached hydrogens (primary N) is 1. The van der Waals surface area contributed by atoms with Crippen molar-refractivity contribution in [2.24, 2.45) is 5.73 Å². The quantitative estimate of drug-likeness (QED) is 0.642. The number of para-hydroxylation sites is 1. The molecule has 4 N–H and O–H groups in total. The van der Waals surface area contributed by atoms with Crippen molar-refractivity contribution in [3.8, 4) is 0 Å². The lowest BCUT2D eigenvalue weighted by Crippen LogP contribution is -2.28. The number of sulfonamides is 1. The fourth-order valence-electron chi connectivity index (χ4n) is 1.65. The van der Waals surface area contributed by atoms with Gasteiger partial charge in [0.1, 0.15) is 4.90 Å². The minimum Gasteiger partial charge on any atom is -0.384 e. The van der Waals surface area contributed by atoms with Gasteiger partial charge in [0.2, 0.25) is 10.0 Å². The van der Waals surface area contributed by atoms with Crippen LogP contribution in [0.15, 0.2) is 29.2 Å². The summed E-state index contributed by atoms with van der Waals surface area (Å²) in [4.78, 5) is 0.234. The second-order valence-electron chi connectivity index (χ2n) is 4.13. The van der Waals surface area contributed by atoms with Crippen LogP contribution in [0.25, 0.3) is 0 Å². The van der Waals surface area contributed by atoms with Crippen LogP contribution in [0.1, 0.15) is 6.42 Å². The number of hydrogen-bond acceptors (Lipinski definition) is 5. The Hall–Kier alpha value is -1.15. The summed E-state index contributed by atoms with van der Waals surface area (Å²) in [6.45, 7) is 1.07.